The third-order valence-corrected chi connectivity index (χ3v) is 2.89. The molecule has 0 atom stereocenters. The Morgan fingerprint density at radius 1 is 1.19 bits per heavy atom. The molecular formula is C15H17FN4O. The number of nitrogens with zero attached hydrogens (tertiary/aromatic N) is 2. The van der Waals surface area contributed by atoms with Gasteiger partial charge in [0.1, 0.15) is 11.6 Å². The summed E-state index contributed by atoms with van der Waals surface area (Å²) in [6.45, 7) is 2.92. The summed E-state index contributed by atoms with van der Waals surface area (Å²) >= 11 is 0. The number of benzene rings is 1. The Morgan fingerprint density at radius 3 is 2.67 bits per heavy atom. The average molecular weight is 288 g/mol. The lowest BCUT2D eigenvalue weighted by atomic mass is 10.1. The van der Waals surface area contributed by atoms with Crippen molar-refractivity contribution in [3.8, 4) is 0 Å². The zero-order valence-corrected chi connectivity index (χ0v) is 11.8. The zero-order chi connectivity index (χ0) is 15.1. The summed E-state index contributed by atoms with van der Waals surface area (Å²) in [5.74, 6) is 0.0965. The lowest BCUT2D eigenvalue weighted by Crippen LogP contribution is -2.24. The van der Waals surface area contributed by atoms with Gasteiger partial charge in [-0.1, -0.05) is 18.2 Å². The highest BCUT2D eigenvalue weighted by Crippen LogP contribution is 2.08. The molecule has 1 amide bonds. The van der Waals surface area contributed by atoms with Gasteiger partial charge in [-0.05, 0) is 37.1 Å². The van der Waals surface area contributed by atoms with Crippen molar-refractivity contribution in [1.82, 2.24) is 15.5 Å². The molecular weight excluding hydrogens is 271 g/mol. The lowest BCUT2D eigenvalue weighted by Gasteiger charge is -2.06. The van der Waals surface area contributed by atoms with Crippen LogP contribution in [0.25, 0.3) is 0 Å². The van der Waals surface area contributed by atoms with Crippen LogP contribution in [0.15, 0.2) is 36.4 Å². The molecule has 0 saturated carbocycles. The van der Waals surface area contributed by atoms with Gasteiger partial charge in [0.25, 0.3) is 5.91 Å². The molecule has 5 nitrogen and oxygen atoms in total. The van der Waals surface area contributed by atoms with E-state index in [1.807, 2.05) is 6.92 Å². The summed E-state index contributed by atoms with van der Waals surface area (Å²) in [6.07, 6.45) is 0.548. The first kappa shape index (κ1) is 14.9. The first-order valence-corrected chi connectivity index (χ1v) is 6.80. The van der Waals surface area contributed by atoms with E-state index in [1.54, 1.807) is 30.3 Å². The van der Waals surface area contributed by atoms with E-state index < -0.39 is 0 Å². The highest BCUT2D eigenvalue weighted by atomic mass is 19.1. The summed E-state index contributed by atoms with van der Waals surface area (Å²) < 4.78 is 13.4. The van der Waals surface area contributed by atoms with Crippen LogP contribution in [0, 0.1) is 5.82 Å². The standard InChI is InChI=1S/C15H17FN4O/c1-2-17-15(21)13-7-8-14(20-19-13)18-10-9-11-5-3-4-6-12(11)16/h3-8H,2,9-10H2,1H3,(H,17,21)(H,18,20). The number of carbonyl (C=O) groups is 1. The maximum absolute atomic E-state index is 13.4. The van der Waals surface area contributed by atoms with Crippen molar-refractivity contribution in [3.63, 3.8) is 0 Å². The van der Waals surface area contributed by atoms with Crippen molar-refractivity contribution in [3.05, 3.63) is 53.5 Å². The second-order valence-electron chi connectivity index (χ2n) is 4.43. The Kier molecular flexibility index (Phi) is 5.20. The van der Waals surface area contributed by atoms with Gasteiger partial charge in [-0.15, -0.1) is 10.2 Å². The molecule has 0 bridgehead atoms. The molecule has 0 aliphatic carbocycles. The minimum Gasteiger partial charge on any atom is -0.368 e. The highest BCUT2D eigenvalue weighted by Gasteiger charge is 2.06. The van der Waals surface area contributed by atoms with Crippen LogP contribution in [0.3, 0.4) is 0 Å². The second kappa shape index (κ2) is 7.33. The summed E-state index contributed by atoms with van der Waals surface area (Å²) in [5.41, 5.74) is 0.924. The summed E-state index contributed by atoms with van der Waals surface area (Å²) in [6, 6.07) is 9.94. The van der Waals surface area contributed by atoms with Crippen molar-refractivity contribution in [1.29, 1.82) is 0 Å². The molecule has 0 unspecified atom stereocenters. The van der Waals surface area contributed by atoms with Crippen molar-refractivity contribution in [2.45, 2.75) is 13.3 Å². The van der Waals surface area contributed by atoms with Gasteiger partial charge in [0.05, 0.1) is 0 Å². The van der Waals surface area contributed by atoms with Gasteiger partial charge in [0, 0.05) is 13.1 Å². The number of hydrogen-bond acceptors (Lipinski definition) is 4. The first-order valence-electron chi connectivity index (χ1n) is 6.80. The Labute approximate surface area is 122 Å². The molecule has 110 valence electrons. The molecule has 0 aliphatic rings. The van der Waals surface area contributed by atoms with Gasteiger partial charge in [-0.25, -0.2) is 4.39 Å². The van der Waals surface area contributed by atoms with Crippen LogP contribution in [-0.4, -0.2) is 29.2 Å². The molecule has 2 aromatic rings. The third kappa shape index (κ3) is 4.24. The summed E-state index contributed by atoms with van der Waals surface area (Å²) in [4.78, 5) is 11.5. The number of hydrogen-bond donors (Lipinski definition) is 2. The van der Waals surface area contributed by atoms with Gasteiger partial charge in [0.15, 0.2) is 5.69 Å². The monoisotopic (exact) mass is 288 g/mol. The molecule has 6 heteroatoms. The van der Waals surface area contributed by atoms with Crippen LogP contribution in [0.5, 0.6) is 0 Å². The Bertz CT molecular complexity index is 601. The number of anilines is 1. The minimum atomic E-state index is -0.247. The number of halogens is 1. The summed E-state index contributed by atoms with van der Waals surface area (Å²) in [7, 11) is 0. The smallest absolute Gasteiger partial charge is 0.271 e. The molecule has 1 aromatic heterocycles. The van der Waals surface area contributed by atoms with E-state index in [1.165, 1.54) is 6.07 Å². The van der Waals surface area contributed by atoms with Crippen LogP contribution in [0.4, 0.5) is 10.2 Å². The lowest BCUT2D eigenvalue weighted by molar-refractivity contribution is 0.0950. The minimum absolute atomic E-state index is 0.211. The SMILES string of the molecule is CCNC(=O)c1ccc(NCCc2ccccc2F)nn1. The van der Waals surface area contributed by atoms with Gasteiger partial charge >= 0.3 is 0 Å². The Balaban J connectivity index is 1.87. The molecule has 0 radical (unpaired) electrons. The van der Waals surface area contributed by atoms with E-state index in [2.05, 4.69) is 20.8 Å². The van der Waals surface area contributed by atoms with E-state index in [0.717, 1.165) is 0 Å². The van der Waals surface area contributed by atoms with Gasteiger partial charge < -0.3 is 10.6 Å². The Hall–Kier alpha value is -2.50. The predicted molar refractivity (Wildman–Crippen MR) is 78.6 cm³/mol. The quantitative estimate of drug-likeness (QED) is 0.853. The molecule has 0 saturated heterocycles. The van der Waals surface area contributed by atoms with E-state index >= 15 is 0 Å². The van der Waals surface area contributed by atoms with Crippen LogP contribution in [0.1, 0.15) is 23.0 Å². The first-order chi connectivity index (χ1) is 10.2. The molecule has 0 aliphatic heterocycles. The van der Waals surface area contributed by atoms with Crippen molar-refractivity contribution < 1.29 is 9.18 Å². The molecule has 2 N–H and O–H groups in total. The maximum Gasteiger partial charge on any atom is 0.271 e. The third-order valence-electron chi connectivity index (χ3n) is 2.89. The predicted octanol–water partition coefficient (Wildman–Crippen LogP) is 2.02. The van der Waals surface area contributed by atoms with Crippen LogP contribution in [0.2, 0.25) is 0 Å². The van der Waals surface area contributed by atoms with Crippen molar-refractivity contribution in [2.24, 2.45) is 0 Å². The fourth-order valence-electron chi connectivity index (χ4n) is 1.83. The molecule has 1 heterocycles. The Morgan fingerprint density at radius 2 is 2.00 bits per heavy atom. The normalized spacial score (nSPS) is 10.2. The molecule has 21 heavy (non-hydrogen) atoms. The molecule has 1 aromatic carbocycles. The number of amides is 1. The maximum atomic E-state index is 13.4. The molecule has 0 spiro atoms. The van der Waals surface area contributed by atoms with Crippen LogP contribution in [-0.2, 0) is 6.42 Å². The van der Waals surface area contributed by atoms with E-state index in [4.69, 9.17) is 0 Å². The fourth-order valence-corrected chi connectivity index (χ4v) is 1.83. The number of rotatable bonds is 6. The largest absolute Gasteiger partial charge is 0.368 e. The molecule has 0 fully saturated rings. The van der Waals surface area contributed by atoms with Gasteiger partial charge in [0.2, 0.25) is 0 Å². The number of carbonyl (C=O) groups excluding carboxylic acids is 1. The fraction of sp³-hybridized carbons (Fsp3) is 0.267. The molecule has 2 rings (SSSR count). The highest BCUT2D eigenvalue weighted by molar-refractivity contribution is 5.92. The number of nitrogens with one attached hydrogen (secondary N) is 2. The van der Waals surface area contributed by atoms with Gasteiger partial charge in [-0.3, -0.25) is 4.79 Å². The second-order valence-corrected chi connectivity index (χ2v) is 4.43. The summed E-state index contributed by atoms with van der Waals surface area (Å²) in [5, 5.41) is 13.5. The van der Waals surface area contributed by atoms with Crippen LogP contribution >= 0.6 is 0 Å². The topological polar surface area (TPSA) is 66.9 Å². The van der Waals surface area contributed by atoms with Gasteiger partial charge in [-0.2, -0.15) is 0 Å². The van der Waals surface area contributed by atoms with Crippen molar-refractivity contribution >= 4 is 11.7 Å². The average Bonchev–Trinajstić information content (AvgIpc) is 2.50. The zero-order valence-electron chi connectivity index (χ0n) is 11.8. The van der Waals surface area contributed by atoms with Crippen molar-refractivity contribution in [2.75, 3.05) is 18.4 Å². The van der Waals surface area contributed by atoms with E-state index in [0.29, 0.717) is 30.9 Å². The van der Waals surface area contributed by atoms with E-state index in [-0.39, 0.29) is 17.4 Å². The van der Waals surface area contributed by atoms with E-state index in [9.17, 15) is 9.18 Å². The van der Waals surface area contributed by atoms with Crippen LogP contribution < -0.4 is 10.6 Å². The number of aromatic nitrogens is 2.